The summed E-state index contributed by atoms with van der Waals surface area (Å²) < 4.78 is 0. The first kappa shape index (κ1) is 12.9. The summed E-state index contributed by atoms with van der Waals surface area (Å²) >= 11 is 0. The van der Waals surface area contributed by atoms with E-state index in [9.17, 15) is 0 Å². The van der Waals surface area contributed by atoms with Gasteiger partial charge in [-0.3, -0.25) is 0 Å². The fourth-order valence-corrected chi connectivity index (χ4v) is 1.70. The van der Waals surface area contributed by atoms with E-state index in [2.05, 4.69) is 33.0 Å². The molecular weight excluding hydrogens is 160 g/mol. The van der Waals surface area contributed by atoms with E-state index in [-0.39, 0.29) is 5.54 Å². The Hall–Kier alpha value is -0.0800. The molecule has 80 valence electrons. The lowest BCUT2D eigenvalue weighted by Gasteiger charge is -2.31. The van der Waals surface area contributed by atoms with Gasteiger partial charge in [0.1, 0.15) is 0 Å². The molecule has 1 unspecified atom stereocenters. The van der Waals surface area contributed by atoms with Gasteiger partial charge in [-0.2, -0.15) is 0 Å². The van der Waals surface area contributed by atoms with Crippen molar-refractivity contribution in [1.82, 2.24) is 5.32 Å². The minimum atomic E-state index is 0.142. The van der Waals surface area contributed by atoms with E-state index in [1.807, 2.05) is 0 Å². The minimum absolute atomic E-state index is 0.142. The molecule has 0 heterocycles. The zero-order valence-electron chi connectivity index (χ0n) is 9.69. The van der Waals surface area contributed by atoms with E-state index < -0.39 is 0 Å². The normalized spacial score (nSPS) is 16.2. The molecule has 0 aromatic carbocycles. The van der Waals surface area contributed by atoms with E-state index in [1.165, 1.54) is 25.7 Å². The second-order valence-electron chi connectivity index (χ2n) is 4.52. The molecule has 1 atom stereocenters. The average molecular weight is 186 g/mol. The van der Waals surface area contributed by atoms with Crippen LogP contribution in [0.15, 0.2) is 0 Å². The molecule has 13 heavy (non-hydrogen) atoms. The third-order valence-electron chi connectivity index (χ3n) is 2.42. The molecule has 0 aliphatic carbocycles. The first-order chi connectivity index (χ1) is 6.04. The van der Waals surface area contributed by atoms with Crippen molar-refractivity contribution in [3.8, 4) is 0 Å². The minimum Gasteiger partial charge on any atom is -0.329 e. The van der Waals surface area contributed by atoms with Crippen LogP contribution in [0, 0.1) is 0 Å². The third kappa shape index (κ3) is 6.05. The van der Waals surface area contributed by atoms with E-state index in [4.69, 9.17) is 5.73 Å². The Labute approximate surface area is 83.3 Å². The topological polar surface area (TPSA) is 38.0 Å². The van der Waals surface area contributed by atoms with Crippen molar-refractivity contribution in [2.75, 3.05) is 6.54 Å². The largest absolute Gasteiger partial charge is 0.329 e. The van der Waals surface area contributed by atoms with Crippen LogP contribution in [0.25, 0.3) is 0 Å². The van der Waals surface area contributed by atoms with Crippen molar-refractivity contribution < 1.29 is 0 Å². The van der Waals surface area contributed by atoms with Crippen LogP contribution in [-0.4, -0.2) is 18.1 Å². The molecule has 0 aromatic rings. The smallest absolute Gasteiger partial charge is 0.0277 e. The van der Waals surface area contributed by atoms with Crippen LogP contribution in [-0.2, 0) is 0 Å². The van der Waals surface area contributed by atoms with Gasteiger partial charge in [-0.1, -0.05) is 40.0 Å². The highest BCUT2D eigenvalue weighted by molar-refractivity contribution is 4.85. The number of hydrogen-bond acceptors (Lipinski definition) is 2. The molecule has 2 nitrogen and oxygen atoms in total. The zero-order valence-corrected chi connectivity index (χ0v) is 9.69. The Morgan fingerprint density at radius 2 is 1.92 bits per heavy atom. The molecule has 0 spiro atoms. The van der Waals surface area contributed by atoms with Gasteiger partial charge in [0.05, 0.1) is 0 Å². The van der Waals surface area contributed by atoms with Crippen LogP contribution >= 0.6 is 0 Å². The van der Waals surface area contributed by atoms with E-state index in [1.54, 1.807) is 0 Å². The predicted molar refractivity (Wildman–Crippen MR) is 59.9 cm³/mol. The number of nitrogens with one attached hydrogen (secondary N) is 1. The quantitative estimate of drug-likeness (QED) is 0.599. The summed E-state index contributed by atoms with van der Waals surface area (Å²) in [7, 11) is 0. The molecule has 3 N–H and O–H groups in total. The third-order valence-corrected chi connectivity index (χ3v) is 2.42. The van der Waals surface area contributed by atoms with Crippen molar-refractivity contribution in [2.45, 2.75) is 65.0 Å². The number of nitrogens with two attached hydrogens (primary N) is 1. The van der Waals surface area contributed by atoms with Crippen LogP contribution in [0.2, 0.25) is 0 Å². The lowest BCUT2D eigenvalue weighted by molar-refractivity contribution is 0.303. The first-order valence-electron chi connectivity index (χ1n) is 5.52. The SMILES string of the molecule is CCCCCC(C)(CN)NC(C)C. The van der Waals surface area contributed by atoms with Gasteiger partial charge in [0, 0.05) is 18.1 Å². The van der Waals surface area contributed by atoms with Gasteiger partial charge in [-0.15, -0.1) is 0 Å². The van der Waals surface area contributed by atoms with Crippen LogP contribution in [0.5, 0.6) is 0 Å². The van der Waals surface area contributed by atoms with Gasteiger partial charge in [0.25, 0.3) is 0 Å². The lowest BCUT2D eigenvalue weighted by Crippen LogP contribution is -2.51. The van der Waals surface area contributed by atoms with Crippen molar-refractivity contribution in [1.29, 1.82) is 0 Å². The van der Waals surface area contributed by atoms with Gasteiger partial charge in [-0.25, -0.2) is 0 Å². The fraction of sp³-hybridized carbons (Fsp3) is 1.00. The molecule has 0 aliphatic heterocycles. The molecule has 0 rings (SSSR count). The summed E-state index contributed by atoms with van der Waals surface area (Å²) in [6.07, 6.45) is 5.07. The van der Waals surface area contributed by atoms with E-state index in [0.29, 0.717) is 6.04 Å². The molecule has 0 fully saturated rings. The molecular formula is C11H26N2. The molecule has 0 aromatic heterocycles. The summed E-state index contributed by atoms with van der Waals surface area (Å²) in [5, 5.41) is 3.54. The lowest BCUT2D eigenvalue weighted by atomic mass is 9.93. The molecule has 2 heteroatoms. The van der Waals surface area contributed by atoms with Gasteiger partial charge in [-0.05, 0) is 13.3 Å². The first-order valence-corrected chi connectivity index (χ1v) is 5.52. The fourth-order valence-electron chi connectivity index (χ4n) is 1.70. The van der Waals surface area contributed by atoms with Crippen molar-refractivity contribution in [3.05, 3.63) is 0 Å². The van der Waals surface area contributed by atoms with Crippen LogP contribution < -0.4 is 11.1 Å². The highest BCUT2D eigenvalue weighted by atomic mass is 15.0. The number of unbranched alkanes of at least 4 members (excludes halogenated alkanes) is 2. The second kappa shape index (κ2) is 6.39. The Morgan fingerprint density at radius 3 is 2.31 bits per heavy atom. The highest BCUT2D eigenvalue weighted by Gasteiger charge is 2.21. The van der Waals surface area contributed by atoms with Gasteiger partial charge in [0.2, 0.25) is 0 Å². The maximum absolute atomic E-state index is 5.78. The Bertz CT molecular complexity index is 123. The summed E-state index contributed by atoms with van der Waals surface area (Å²) in [4.78, 5) is 0. The van der Waals surface area contributed by atoms with E-state index in [0.717, 1.165) is 6.54 Å². The molecule has 0 aliphatic rings. The second-order valence-corrected chi connectivity index (χ2v) is 4.52. The highest BCUT2D eigenvalue weighted by Crippen LogP contribution is 2.14. The molecule has 0 bridgehead atoms. The Balaban J connectivity index is 3.81. The molecule has 0 saturated carbocycles. The zero-order chi connectivity index (χ0) is 10.3. The number of hydrogen-bond donors (Lipinski definition) is 2. The predicted octanol–water partition coefficient (Wildman–Crippen LogP) is 2.28. The van der Waals surface area contributed by atoms with Crippen LogP contribution in [0.4, 0.5) is 0 Å². The molecule has 0 radical (unpaired) electrons. The molecule has 0 amide bonds. The standard InChI is InChI=1S/C11H26N2/c1-5-6-7-8-11(4,9-12)13-10(2)3/h10,13H,5-9,12H2,1-4H3. The Kier molecular flexibility index (Phi) is 6.35. The number of rotatable bonds is 7. The van der Waals surface area contributed by atoms with Crippen LogP contribution in [0.1, 0.15) is 53.4 Å². The Morgan fingerprint density at radius 1 is 1.31 bits per heavy atom. The van der Waals surface area contributed by atoms with Gasteiger partial charge in [0.15, 0.2) is 0 Å². The van der Waals surface area contributed by atoms with Crippen LogP contribution in [0.3, 0.4) is 0 Å². The van der Waals surface area contributed by atoms with Crippen molar-refractivity contribution in [3.63, 3.8) is 0 Å². The van der Waals surface area contributed by atoms with Gasteiger partial charge >= 0.3 is 0 Å². The van der Waals surface area contributed by atoms with Crippen molar-refractivity contribution in [2.24, 2.45) is 5.73 Å². The maximum Gasteiger partial charge on any atom is 0.0277 e. The van der Waals surface area contributed by atoms with Gasteiger partial charge < -0.3 is 11.1 Å². The average Bonchev–Trinajstić information content (AvgIpc) is 2.04. The summed E-state index contributed by atoms with van der Waals surface area (Å²) in [5.41, 5.74) is 5.92. The molecule has 0 saturated heterocycles. The van der Waals surface area contributed by atoms with E-state index >= 15 is 0 Å². The monoisotopic (exact) mass is 186 g/mol. The summed E-state index contributed by atoms with van der Waals surface area (Å²) in [5.74, 6) is 0. The summed E-state index contributed by atoms with van der Waals surface area (Å²) in [6.45, 7) is 9.54. The maximum atomic E-state index is 5.78. The summed E-state index contributed by atoms with van der Waals surface area (Å²) in [6, 6.07) is 0.523. The van der Waals surface area contributed by atoms with Crippen molar-refractivity contribution >= 4 is 0 Å².